The third-order valence-electron chi connectivity index (χ3n) is 9.09. The quantitative estimate of drug-likeness (QED) is 0.539. The molecular weight excluding hydrogens is 462 g/mol. The summed E-state index contributed by atoms with van der Waals surface area (Å²) in [5, 5.41) is 9.15. The van der Waals surface area contributed by atoms with Crippen LogP contribution in [0.25, 0.3) is 0 Å². The number of Topliss-reactive ketones (excluding diaryl/α,β-unsaturated/α-hetero) is 1. The SMILES string of the molecule is CN(C)C1(c2ccccc2)CCC2(CC1)CN(CC(=O)Cc1cc(C#N)ccn1)C(=O)N2CC1CCC1. The van der Waals surface area contributed by atoms with Crippen LogP contribution in [0, 0.1) is 17.2 Å². The molecule has 1 saturated heterocycles. The zero-order valence-electron chi connectivity index (χ0n) is 22.0. The number of nitrogens with zero attached hydrogens (tertiary/aromatic N) is 5. The first-order valence-electron chi connectivity index (χ1n) is 13.5. The summed E-state index contributed by atoms with van der Waals surface area (Å²) in [6, 6.07) is 16.1. The van der Waals surface area contributed by atoms with Gasteiger partial charge in [0.15, 0.2) is 5.78 Å². The van der Waals surface area contributed by atoms with Crippen LogP contribution < -0.4 is 0 Å². The van der Waals surface area contributed by atoms with E-state index in [4.69, 9.17) is 5.26 Å². The molecule has 1 spiro atoms. The molecule has 0 unspecified atom stereocenters. The predicted octanol–water partition coefficient (Wildman–Crippen LogP) is 4.37. The lowest BCUT2D eigenvalue weighted by Gasteiger charge is -2.51. The molecule has 3 fully saturated rings. The highest BCUT2D eigenvalue weighted by Gasteiger charge is 2.55. The molecule has 2 amide bonds. The molecule has 2 aliphatic carbocycles. The van der Waals surface area contributed by atoms with Crippen molar-refractivity contribution in [2.45, 2.75) is 62.4 Å². The summed E-state index contributed by atoms with van der Waals surface area (Å²) < 4.78 is 0. The summed E-state index contributed by atoms with van der Waals surface area (Å²) in [5.41, 5.74) is 2.14. The average Bonchev–Trinajstić information content (AvgIpc) is 3.12. The minimum Gasteiger partial charge on any atom is -0.317 e. The molecule has 194 valence electrons. The highest BCUT2D eigenvalue weighted by atomic mass is 16.2. The molecule has 1 aromatic heterocycles. The van der Waals surface area contributed by atoms with Gasteiger partial charge in [-0.05, 0) is 76.2 Å². The van der Waals surface area contributed by atoms with E-state index in [-0.39, 0.29) is 35.9 Å². The van der Waals surface area contributed by atoms with Crippen LogP contribution in [-0.4, -0.2) is 70.8 Å². The third-order valence-corrected chi connectivity index (χ3v) is 9.09. The van der Waals surface area contributed by atoms with Crippen LogP contribution in [0.15, 0.2) is 48.7 Å². The van der Waals surface area contributed by atoms with Crippen LogP contribution >= 0.6 is 0 Å². The van der Waals surface area contributed by atoms with Crippen molar-refractivity contribution in [3.63, 3.8) is 0 Å². The Kier molecular flexibility index (Phi) is 7.04. The molecule has 2 heterocycles. The maximum absolute atomic E-state index is 13.7. The summed E-state index contributed by atoms with van der Waals surface area (Å²) in [6.07, 6.45) is 9.11. The van der Waals surface area contributed by atoms with E-state index < -0.39 is 0 Å². The molecule has 3 aliphatic rings. The molecule has 7 nitrogen and oxygen atoms in total. The second-order valence-corrected chi connectivity index (χ2v) is 11.4. The number of pyridine rings is 1. The lowest BCUT2D eigenvalue weighted by atomic mass is 9.68. The van der Waals surface area contributed by atoms with Crippen molar-refractivity contribution in [3.05, 3.63) is 65.5 Å². The third kappa shape index (κ3) is 4.87. The molecule has 7 heteroatoms. The maximum Gasteiger partial charge on any atom is 0.321 e. The molecule has 5 rings (SSSR count). The molecule has 0 bridgehead atoms. The molecule has 0 atom stereocenters. The number of carbonyl (C=O) groups excluding carboxylic acids is 2. The lowest BCUT2D eigenvalue weighted by molar-refractivity contribution is -0.119. The van der Waals surface area contributed by atoms with Gasteiger partial charge in [-0.1, -0.05) is 36.8 Å². The van der Waals surface area contributed by atoms with Crippen LogP contribution in [0.2, 0.25) is 0 Å². The number of hydrogen-bond acceptors (Lipinski definition) is 5. The highest BCUT2D eigenvalue weighted by molar-refractivity contribution is 5.88. The van der Waals surface area contributed by atoms with Gasteiger partial charge in [0.1, 0.15) is 0 Å². The Balaban J connectivity index is 1.34. The van der Waals surface area contributed by atoms with Crippen LogP contribution in [0.5, 0.6) is 0 Å². The molecule has 0 N–H and O–H groups in total. The molecule has 2 saturated carbocycles. The zero-order chi connectivity index (χ0) is 26.0. The first-order chi connectivity index (χ1) is 17.8. The second kappa shape index (κ2) is 10.3. The normalized spacial score (nSPS) is 25.9. The van der Waals surface area contributed by atoms with Gasteiger partial charge in [-0.3, -0.25) is 14.7 Å². The van der Waals surface area contributed by atoms with E-state index in [1.165, 1.54) is 24.8 Å². The van der Waals surface area contributed by atoms with Crippen molar-refractivity contribution in [2.24, 2.45) is 5.92 Å². The van der Waals surface area contributed by atoms with Crippen LogP contribution in [0.1, 0.15) is 61.8 Å². The van der Waals surface area contributed by atoms with E-state index in [1.54, 1.807) is 23.2 Å². The average molecular weight is 500 g/mol. The van der Waals surface area contributed by atoms with Crippen molar-refractivity contribution in [1.29, 1.82) is 5.26 Å². The summed E-state index contributed by atoms with van der Waals surface area (Å²) in [7, 11) is 4.33. The van der Waals surface area contributed by atoms with E-state index in [0.29, 0.717) is 23.7 Å². The van der Waals surface area contributed by atoms with Crippen LogP contribution in [-0.2, 0) is 16.8 Å². The van der Waals surface area contributed by atoms with E-state index in [2.05, 4.69) is 65.3 Å². The van der Waals surface area contributed by atoms with Crippen molar-refractivity contribution >= 4 is 11.8 Å². The molecule has 1 aromatic carbocycles. The minimum atomic E-state index is -0.222. The minimum absolute atomic E-state index is 0.0102. The fraction of sp³-hybridized carbons (Fsp3) is 0.533. The van der Waals surface area contributed by atoms with Gasteiger partial charge in [-0.15, -0.1) is 0 Å². The summed E-state index contributed by atoms with van der Waals surface area (Å²) in [5.74, 6) is 0.531. The summed E-state index contributed by atoms with van der Waals surface area (Å²) in [4.78, 5) is 37.3. The Morgan fingerprint density at radius 3 is 2.49 bits per heavy atom. The second-order valence-electron chi connectivity index (χ2n) is 11.4. The fourth-order valence-electron chi connectivity index (χ4n) is 6.63. The Hall–Kier alpha value is -3.24. The summed E-state index contributed by atoms with van der Waals surface area (Å²) >= 11 is 0. The number of amides is 2. The van der Waals surface area contributed by atoms with Gasteiger partial charge in [-0.2, -0.15) is 5.26 Å². The van der Waals surface area contributed by atoms with Crippen molar-refractivity contribution in [3.8, 4) is 6.07 Å². The lowest BCUT2D eigenvalue weighted by Crippen LogP contribution is -2.56. The Morgan fingerprint density at radius 1 is 1.14 bits per heavy atom. The van der Waals surface area contributed by atoms with Crippen molar-refractivity contribution in [2.75, 3.05) is 33.7 Å². The number of benzene rings is 1. The fourth-order valence-corrected chi connectivity index (χ4v) is 6.63. The Bertz CT molecular complexity index is 1180. The van der Waals surface area contributed by atoms with Gasteiger partial charge in [0, 0.05) is 30.5 Å². The number of hydrogen-bond donors (Lipinski definition) is 0. The first-order valence-corrected chi connectivity index (χ1v) is 13.5. The van der Waals surface area contributed by atoms with Crippen LogP contribution in [0.3, 0.4) is 0 Å². The summed E-state index contributed by atoms with van der Waals surface area (Å²) in [6.45, 7) is 1.50. The number of aromatic nitrogens is 1. The monoisotopic (exact) mass is 499 g/mol. The molecule has 0 radical (unpaired) electrons. The number of rotatable bonds is 8. The first kappa shape index (κ1) is 25.4. The van der Waals surface area contributed by atoms with E-state index >= 15 is 0 Å². The number of ketones is 1. The number of urea groups is 1. The maximum atomic E-state index is 13.7. The van der Waals surface area contributed by atoms with Gasteiger partial charge in [0.25, 0.3) is 0 Å². The van der Waals surface area contributed by atoms with E-state index in [0.717, 1.165) is 32.2 Å². The molecule has 2 aromatic rings. The van der Waals surface area contributed by atoms with Gasteiger partial charge in [0.05, 0.1) is 30.1 Å². The Labute approximate surface area is 220 Å². The molecule has 37 heavy (non-hydrogen) atoms. The van der Waals surface area contributed by atoms with Gasteiger partial charge >= 0.3 is 6.03 Å². The number of carbonyl (C=O) groups is 2. The topological polar surface area (TPSA) is 80.5 Å². The van der Waals surface area contributed by atoms with Gasteiger partial charge in [0.2, 0.25) is 0 Å². The van der Waals surface area contributed by atoms with Crippen molar-refractivity contribution < 1.29 is 9.59 Å². The van der Waals surface area contributed by atoms with Gasteiger partial charge in [-0.25, -0.2) is 4.79 Å². The Morgan fingerprint density at radius 2 is 1.86 bits per heavy atom. The zero-order valence-corrected chi connectivity index (χ0v) is 22.0. The largest absolute Gasteiger partial charge is 0.321 e. The van der Waals surface area contributed by atoms with Crippen LogP contribution in [0.4, 0.5) is 4.79 Å². The van der Waals surface area contributed by atoms with Gasteiger partial charge < -0.3 is 9.80 Å². The van der Waals surface area contributed by atoms with E-state index in [1.807, 2.05) is 0 Å². The number of nitriles is 1. The molecular formula is C30H37N5O2. The standard InChI is InChI=1S/C30H37N5O2/c1-33(2)30(25-9-4-3-5-10-25)14-12-29(13-15-30)22-34(28(37)35(29)20-23-7-6-8-23)21-27(36)18-26-17-24(19-31)11-16-32-26/h3-5,9-11,16-17,23H,6-8,12-15,18,20-22H2,1-2H3. The van der Waals surface area contributed by atoms with E-state index in [9.17, 15) is 9.59 Å². The van der Waals surface area contributed by atoms with Crippen molar-refractivity contribution in [1.82, 2.24) is 19.7 Å². The highest BCUT2D eigenvalue weighted by Crippen LogP contribution is 2.49. The molecule has 1 aliphatic heterocycles. The predicted molar refractivity (Wildman–Crippen MR) is 142 cm³/mol. The smallest absolute Gasteiger partial charge is 0.317 e.